The summed E-state index contributed by atoms with van der Waals surface area (Å²) in [4.78, 5) is 12.6. The van der Waals surface area contributed by atoms with Gasteiger partial charge in [0, 0.05) is 18.9 Å². The number of hydrogen-bond acceptors (Lipinski definition) is 6. The number of piperidine rings is 1. The molecule has 2 fully saturated rings. The van der Waals surface area contributed by atoms with Crippen molar-refractivity contribution in [3.63, 3.8) is 0 Å². The minimum Gasteiger partial charge on any atom is -0.393 e. The third-order valence-electron chi connectivity index (χ3n) is 6.30. The fraction of sp³-hybridized carbons (Fsp3) is 0.545. The van der Waals surface area contributed by atoms with Crippen LogP contribution in [0.15, 0.2) is 24.4 Å². The topological polar surface area (TPSA) is 116 Å². The molecule has 2 heterocycles. The summed E-state index contributed by atoms with van der Waals surface area (Å²) < 4.78 is 16.2. The zero-order chi connectivity index (χ0) is 22.0. The number of aliphatic hydroxyl groups is 1. The van der Waals surface area contributed by atoms with Gasteiger partial charge in [-0.25, -0.2) is 9.07 Å². The van der Waals surface area contributed by atoms with E-state index in [9.17, 15) is 19.6 Å². The molecule has 0 radical (unpaired) electrons. The average Bonchev–Trinajstić information content (AvgIpc) is 3.51. The molecule has 1 aromatic heterocycles. The summed E-state index contributed by atoms with van der Waals surface area (Å²) in [6.45, 7) is 1.88. The second-order valence-electron chi connectivity index (χ2n) is 8.51. The number of aromatic nitrogens is 3. The largest absolute Gasteiger partial charge is 0.393 e. The highest BCUT2D eigenvalue weighted by Gasteiger charge is 2.43. The smallest absolute Gasteiger partial charge is 0.238 e. The fourth-order valence-electron chi connectivity index (χ4n) is 4.51. The third-order valence-corrected chi connectivity index (χ3v) is 6.30. The molecule has 1 aliphatic carbocycles. The number of nitrogens with one attached hydrogen (secondary N) is 2. The zero-order valence-corrected chi connectivity index (χ0v) is 17.5. The summed E-state index contributed by atoms with van der Waals surface area (Å²) >= 11 is 0. The number of halogens is 1. The molecule has 1 aliphatic heterocycles. The van der Waals surface area contributed by atoms with Crippen LogP contribution in [0.1, 0.15) is 43.9 Å². The highest BCUT2D eigenvalue weighted by Crippen LogP contribution is 2.35. The van der Waals surface area contributed by atoms with Gasteiger partial charge in [0.25, 0.3) is 0 Å². The predicted octanol–water partition coefficient (Wildman–Crippen LogP) is 1.41. The van der Waals surface area contributed by atoms with E-state index in [1.54, 1.807) is 18.3 Å². The second-order valence-corrected chi connectivity index (χ2v) is 8.51. The summed E-state index contributed by atoms with van der Waals surface area (Å²) in [5.74, 6) is -0.331. The quantitative estimate of drug-likeness (QED) is 0.588. The van der Waals surface area contributed by atoms with E-state index in [2.05, 4.69) is 27.0 Å². The van der Waals surface area contributed by atoms with Crippen LogP contribution in [-0.4, -0.2) is 50.2 Å². The zero-order valence-electron chi connectivity index (χ0n) is 17.5. The van der Waals surface area contributed by atoms with Crippen LogP contribution < -0.4 is 10.6 Å². The number of nitriles is 1. The van der Waals surface area contributed by atoms with Gasteiger partial charge < -0.3 is 15.7 Å². The first-order valence-electron chi connectivity index (χ1n) is 10.8. The Balaban J connectivity index is 1.39. The van der Waals surface area contributed by atoms with Crippen molar-refractivity contribution in [2.45, 2.75) is 69.7 Å². The Kier molecular flexibility index (Phi) is 6.30. The molecular weight excluding hydrogens is 399 g/mol. The van der Waals surface area contributed by atoms with Gasteiger partial charge in [0.15, 0.2) is 0 Å². The van der Waals surface area contributed by atoms with Crippen molar-refractivity contribution in [2.75, 3.05) is 0 Å². The van der Waals surface area contributed by atoms with Crippen LogP contribution in [0.4, 0.5) is 4.39 Å². The van der Waals surface area contributed by atoms with E-state index in [-0.39, 0.29) is 18.4 Å². The summed E-state index contributed by atoms with van der Waals surface area (Å²) in [6, 6.07) is 6.03. The summed E-state index contributed by atoms with van der Waals surface area (Å²) in [5, 5.41) is 33.3. The Hall–Kier alpha value is -2.83. The minimum atomic E-state index is -0.803. The van der Waals surface area contributed by atoms with Gasteiger partial charge in [-0.05, 0) is 49.3 Å². The summed E-state index contributed by atoms with van der Waals surface area (Å²) in [7, 11) is 0. The summed E-state index contributed by atoms with van der Waals surface area (Å²) in [5.41, 5.74) is 1.47. The minimum absolute atomic E-state index is 0.0838. The number of carbonyl (C=O) groups excluding carboxylic acids is 1. The molecule has 2 aromatic rings. The fourth-order valence-corrected chi connectivity index (χ4v) is 4.51. The van der Waals surface area contributed by atoms with Crippen molar-refractivity contribution in [2.24, 2.45) is 5.92 Å². The number of hydrogen-bond donors (Lipinski definition) is 3. The molecule has 5 atom stereocenters. The maximum Gasteiger partial charge on any atom is 0.238 e. The maximum atomic E-state index is 14.7. The van der Waals surface area contributed by atoms with Crippen LogP contribution in [-0.2, 0) is 17.6 Å². The molecule has 8 nitrogen and oxygen atoms in total. The van der Waals surface area contributed by atoms with E-state index in [4.69, 9.17) is 0 Å². The van der Waals surface area contributed by atoms with Crippen LogP contribution >= 0.6 is 0 Å². The number of benzene rings is 1. The van der Waals surface area contributed by atoms with E-state index in [0.29, 0.717) is 41.7 Å². The highest BCUT2D eigenvalue weighted by atomic mass is 19.1. The molecule has 0 spiro atoms. The molecule has 31 heavy (non-hydrogen) atoms. The van der Waals surface area contributed by atoms with Crippen LogP contribution in [0.5, 0.6) is 0 Å². The summed E-state index contributed by atoms with van der Waals surface area (Å²) in [6.07, 6.45) is 5.39. The lowest BCUT2D eigenvalue weighted by Crippen LogP contribution is -2.50. The van der Waals surface area contributed by atoms with Crippen molar-refractivity contribution < 1.29 is 14.3 Å². The second kappa shape index (κ2) is 9.12. The van der Waals surface area contributed by atoms with Crippen LogP contribution in [0.25, 0.3) is 5.69 Å². The number of aliphatic hydroxyl groups excluding tert-OH is 1. The van der Waals surface area contributed by atoms with Crippen LogP contribution in [0, 0.1) is 23.1 Å². The molecule has 1 saturated carbocycles. The van der Waals surface area contributed by atoms with E-state index >= 15 is 0 Å². The molecule has 9 heteroatoms. The lowest BCUT2D eigenvalue weighted by atomic mass is 9.98. The Labute approximate surface area is 180 Å². The maximum absolute atomic E-state index is 14.7. The van der Waals surface area contributed by atoms with Crippen molar-refractivity contribution >= 4 is 5.91 Å². The number of carbonyl (C=O) groups is 1. The lowest BCUT2D eigenvalue weighted by molar-refractivity contribution is -0.124. The molecule has 4 rings (SSSR count). The first-order valence-corrected chi connectivity index (χ1v) is 10.8. The molecule has 1 amide bonds. The molecule has 164 valence electrons. The van der Waals surface area contributed by atoms with E-state index in [0.717, 1.165) is 19.3 Å². The average molecular weight is 426 g/mol. The van der Waals surface area contributed by atoms with Gasteiger partial charge in [0.05, 0.1) is 35.8 Å². The molecule has 1 aromatic carbocycles. The molecule has 1 saturated heterocycles. The number of fused-ring (bicyclic) bond motifs is 2. The first-order chi connectivity index (χ1) is 15.0. The number of nitrogens with zero attached hydrogens (tertiary/aromatic N) is 4. The molecule has 2 aliphatic rings. The number of rotatable bonds is 8. The van der Waals surface area contributed by atoms with Crippen molar-refractivity contribution in [1.29, 1.82) is 5.26 Å². The van der Waals surface area contributed by atoms with E-state index in [1.165, 1.54) is 10.7 Å². The molecular formula is C22H27FN6O2. The Morgan fingerprint density at radius 3 is 2.94 bits per heavy atom. The Bertz CT molecular complexity index is 987. The Morgan fingerprint density at radius 2 is 2.29 bits per heavy atom. The molecule has 3 N–H and O–H groups in total. The van der Waals surface area contributed by atoms with Crippen LogP contribution in [0.3, 0.4) is 0 Å². The van der Waals surface area contributed by atoms with Gasteiger partial charge in [-0.15, -0.1) is 5.10 Å². The predicted molar refractivity (Wildman–Crippen MR) is 111 cm³/mol. The normalized spacial score (nSPS) is 24.0. The molecule has 2 bridgehead atoms. The first kappa shape index (κ1) is 21.4. The van der Waals surface area contributed by atoms with Gasteiger partial charge in [-0.2, -0.15) is 5.26 Å². The van der Waals surface area contributed by atoms with Gasteiger partial charge in [-0.3, -0.25) is 4.79 Å². The lowest BCUT2D eigenvalue weighted by Gasteiger charge is -2.23. The van der Waals surface area contributed by atoms with E-state index < -0.39 is 18.0 Å². The highest BCUT2D eigenvalue weighted by molar-refractivity contribution is 5.83. The van der Waals surface area contributed by atoms with Gasteiger partial charge in [0.2, 0.25) is 5.91 Å². The van der Waals surface area contributed by atoms with Gasteiger partial charge in [0.1, 0.15) is 11.9 Å². The third kappa shape index (κ3) is 4.75. The molecule has 1 unspecified atom stereocenters. The van der Waals surface area contributed by atoms with Crippen molar-refractivity contribution in [1.82, 2.24) is 25.6 Å². The monoisotopic (exact) mass is 426 g/mol. The SMILES string of the molecule is CCC(O)Cc1cn(-c2ccc(C[C@@H](C#N)NC(=O)[C@H]3N[C@H]4CC[C@H]3C4)c(F)c2)nn1. The Morgan fingerprint density at radius 1 is 1.45 bits per heavy atom. The number of amides is 1. The van der Waals surface area contributed by atoms with Gasteiger partial charge in [-0.1, -0.05) is 18.2 Å². The van der Waals surface area contributed by atoms with E-state index in [1.807, 2.05) is 6.92 Å². The van der Waals surface area contributed by atoms with Crippen molar-refractivity contribution in [3.8, 4) is 11.8 Å². The van der Waals surface area contributed by atoms with Crippen molar-refractivity contribution in [3.05, 3.63) is 41.5 Å². The van der Waals surface area contributed by atoms with Gasteiger partial charge >= 0.3 is 0 Å². The van der Waals surface area contributed by atoms with Crippen LogP contribution in [0.2, 0.25) is 0 Å². The standard InChI is InChI=1S/C22H27FN6O2/c1-2-19(30)9-17-12-29(28-27-17)18-6-4-13(20(23)10-18)7-16(11-24)26-22(31)21-14-3-5-15(8-14)25-21/h4,6,10,12,14-16,19,21,25,30H,2-3,5,7-9H2,1H3,(H,26,31)/t14-,15-,16-,19?,21-/m0/s1.